The zero-order chi connectivity index (χ0) is 13.9. The van der Waals surface area contributed by atoms with Crippen molar-refractivity contribution in [2.24, 2.45) is 5.92 Å². The van der Waals surface area contributed by atoms with E-state index in [1.54, 1.807) is 0 Å². The quantitative estimate of drug-likeness (QED) is 0.853. The lowest BCUT2D eigenvalue weighted by molar-refractivity contribution is -0.142. The van der Waals surface area contributed by atoms with E-state index in [0.717, 1.165) is 6.42 Å². The summed E-state index contributed by atoms with van der Waals surface area (Å²) in [4.78, 5) is 12.7. The molecule has 0 aromatic rings. The number of alkyl halides is 2. The Labute approximate surface area is 111 Å². The van der Waals surface area contributed by atoms with Crippen LogP contribution in [0.15, 0.2) is 0 Å². The number of halogens is 2. The summed E-state index contributed by atoms with van der Waals surface area (Å²) >= 11 is 0. The van der Waals surface area contributed by atoms with Crippen LogP contribution in [-0.2, 0) is 9.53 Å². The van der Waals surface area contributed by atoms with Crippen LogP contribution in [0.2, 0.25) is 0 Å². The predicted octanol–water partition coefficient (Wildman–Crippen LogP) is 1.99. The van der Waals surface area contributed by atoms with Gasteiger partial charge in [0.05, 0.1) is 19.1 Å². The summed E-state index contributed by atoms with van der Waals surface area (Å²) < 4.78 is 32.1. The number of aliphatic carboxylic acids is 1. The average molecular weight is 277 g/mol. The fraction of sp³-hybridized carbons (Fsp3) is 0.923. The molecule has 1 saturated carbocycles. The summed E-state index contributed by atoms with van der Waals surface area (Å²) in [6.45, 7) is 2.36. The Morgan fingerprint density at radius 3 is 2.95 bits per heavy atom. The monoisotopic (exact) mass is 277 g/mol. The van der Waals surface area contributed by atoms with Gasteiger partial charge in [-0.05, 0) is 18.8 Å². The maximum atomic E-state index is 13.3. The van der Waals surface area contributed by atoms with Crippen molar-refractivity contribution in [2.45, 2.75) is 44.1 Å². The predicted molar refractivity (Wildman–Crippen MR) is 65.3 cm³/mol. The highest BCUT2D eigenvalue weighted by molar-refractivity contribution is 5.67. The number of morpholine rings is 1. The lowest BCUT2D eigenvalue weighted by Gasteiger charge is -2.37. The van der Waals surface area contributed by atoms with Crippen molar-refractivity contribution in [3.63, 3.8) is 0 Å². The first-order valence-electron chi connectivity index (χ1n) is 6.88. The van der Waals surface area contributed by atoms with E-state index >= 15 is 0 Å². The highest BCUT2D eigenvalue weighted by Crippen LogP contribution is 2.37. The van der Waals surface area contributed by atoms with Crippen LogP contribution in [0.3, 0.4) is 0 Å². The second-order valence-corrected chi connectivity index (χ2v) is 5.67. The Hall–Kier alpha value is -0.750. The molecule has 2 unspecified atom stereocenters. The van der Waals surface area contributed by atoms with Gasteiger partial charge in [-0.1, -0.05) is 0 Å². The zero-order valence-corrected chi connectivity index (χ0v) is 11.0. The van der Waals surface area contributed by atoms with E-state index in [2.05, 4.69) is 4.90 Å². The lowest BCUT2D eigenvalue weighted by Crippen LogP contribution is -2.46. The number of hydrogen-bond acceptors (Lipinski definition) is 3. The number of carbonyl (C=O) groups is 1. The SMILES string of the molecule is O=C(O)CC1CN(CC2CCCC(F)(F)C2)CCO1. The highest BCUT2D eigenvalue weighted by atomic mass is 19.3. The van der Waals surface area contributed by atoms with Gasteiger partial charge in [0.25, 0.3) is 0 Å². The molecule has 19 heavy (non-hydrogen) atoms. The minimum atomic E-state index is -2.52. The second-order valence-electron chi connectivity index (χ2n) is 5.67. The van der Waals surface area contributed by atoms with Crippen LogP contribution in [0.5, 0.6) is 0 Å². The number of rotatable bonds is 4. The third-order valence-electron chi connectivity index (χ3n) is 3.88. The van der Waals surface area contributed by atoms with Gasteiger partial charge in [-0.25, -0.2) is 8.78 Å². The van der Waals surface area contributed by atoms with Crippen LogP contribution in [0, 0.1) is 5.92 Å². The molecule has 0 radical (unpaired) electrons. The topological polar surface area (TPSA) is 49.8 Å². The van der Waals surface area contributed by atoms with Gasteiger partial charge < -0.3 is 9.84 Å². The minimum absolute atomic E-state index is 0.00818. The molecular weight excluding hydrogens is 256 g/mol. The maximum absolute atomic E-state index is 13.3. The van der Waals surface area contributed by atoms with E-state index in [0.29, 0.717) is 32.7 Å². The Morgan fingerprint density at radius 1 is 1.47 bits per heavy atom. The molecule has 0 aromatic heterocycles. The van der Waals surface area contributed by atoms with Crippen molar-refractivity contribution in [3.05, 3.63) is 0 Å². The minimum Gasteiger partial charge on any atom is -0.481 e. The van der Waals surface area contributed by atoms with Crippen LogP contribution in [-0.4, -0.2) is 54.2 Å². The smallest absolute Gasteiger partial charge is 0.306 e. The van der Waals surface area contributed by atoms with Gasteiger partial charge in [0, 0.05) is 32.5 Å². The van der Waals surface area contributed by atoms with Gasteiger partial charge in [0.2, 0.25) is 5.92 Å². The van der Waals surface area contributed by atoms with E-state index in [1.165, 1.54) is 0 Å². The fourth-order valence-corrected chi connectivity index (χ4v) is 3.06. The van der Waals surface area contributed by atoms with E-state index in [4.69, 9.17) is 9.84 Å². The van der Waals surface area contributed by atoms with Crippen molar-refractivity contribution in [2.75, 3.05) is 26.2 Å². The summed E-state index contributed by atoms with van der Waals surface area (Å²) in [5.74, 6) is -3.38. The van der Waals surface area contributed by atoms with Gasteiger partial charge in [-0.2, -0.15) is 0 Å². The van der Waals surface area contributed by atoms with Gasteiger partial charge in [0.15, 0.2) is 0 Å². The van der Waals surface area contributed by atoms with Crippen molar-refractivity contribution < 1.29 is 23.4 Å². The molecule has 2 fully saturated rings. The lowest BCUT2D eigenvalue weighted by atomic mass is 9.86. The fourth-order valence-electron chi connectivity index (χ4n) is 3.06. The Bertz CT molecular complexity index is 325. The molecule has 1 heterocycles. The zero-order valence-electron chi connectivity index (χ0n) is 11.0. The largest absolute Gasteiger partial charge is 0.481 e. The van der Waals surface area contributed by atoms with E-state index in [-0.39, 0.29) is 31.3 Å². The van der Waals surface area contributed by atoms with Gasteiger partial charge in [0.1, 0.15) is 0 Å². The summed E-state index contributed by atoms with van der Waals surface area (Å²) in [6, 6.07) is 0. The van der Waals surface area contributed by atoms with Crippen molar-refractivity contribution in [1.82, 2.24) is 4.90 Å². The second kappa shape index (κ2) is 6.13. The summed E-state index contributed by atoms with van der Waals surface area (Å²) in [6.07, 6.45) is 1.08. The van der Waals surface area contributed by atoms with Crippen LogP contribution in [0.4, 0.5) is 8.78 Å². The first kappa shape index (κ1) is 14.7. The van der Waals surface area contributed by atoms with Crippen molar-refractivity contribution in [1.29, 1.82) is 0 Å². The van der Waals surface area contributed by atoms with E-state index in [1.807, 2.05) is 0 Å². The molecule has 1 N–H and O–H groups in total. The normalized spacial score (nSPS) is 32.1. The standard InChI is InChI=1S/C13H21F2NO3/c14-13(15)3-1-2-10(7-13)8-16-4-5-19-11(9-16)6-12(17)18/h10-11H,1-9H2,(H,17,18). The maximum Gasteiger partial charge on any atom is 0.306 e. The van der Waals surface area contributed by atoms with E-state index in [9.17, 15) is 13.6 Å². The van der Waals surface area contributed by atoms with Gasteiger partial charge in [-0.3, -0.25) is 9.69 Å². The summed E-state index contributed by atoms with van der Waals surface area (Å²) in [7, 11) is 0. The molecule has 1 aliphatic carbocycles. The number of hydrogen-bond donors (Lipinski definition) is 1. The average Bonchev–Trinajstić information content (AvgIpc) is 2.26. The third-order valence-corrected chi connectivity index (χ3v) is 3.88. The molecule has 0 bridgehead atoms. The van der Waals surface area contributed by atoms with Gasteiger partial charge in [-0.15, -0.1) is 0 Å². The summed E-state index contributed by atoms with van der Waals surface area (Å²) in [5, 5.41) is 8.74. The molecule has 2 atom stereocenters. The number of carboxylic acid groups (broad SMARTS) is 1. The molecule has 2 rings (SSSR count). The van der Waals surface area contributed by atoms with Crippen molar-refractivity contribution >= 4 is 5.97 Å². The van der Waals surface area contributed by atoms with Crippen LogP contribution in [0.25, 0.3) is 0 Å². The molecule has 110 valence electrons. The number of carboxylic acids is 1. The number of nitrogens with zero attached hydrogens (tertiary/aromatic N) is 1. The molecule has 1 aliphatic heterocycles. The molecule has 0 spiro atoms. The first-order chi connectivity index (χ1) is 8.94. The van der Waals surface area contributed by atoms with Crippen LogP contribution < -0.4 is 0 Å². The number of ether oxygens (including phenoxy) is 1. The molecule has 1 saturated heterocycles. The van der Waals surface area contributed by atoms with Crippen LogP contribution >= 0.6 is 0 Å². The molecule has 6 heteroatoms. The van der Waals surface area contributed by atoms with Gasteiger partial charge >= 0.3 is 5.97 Å². The van der Waals surface area contributed by atoms with E-state index < -0.39 is 11.9 Å². The molecule has 0 amide bonds. The Morgan fingerprint density at radius 2 is 2.26 bits per heavy atom. The third kappa shape index (κ3) is 4.69. The first-order valence-corrected chi connectivity index (χ1v) is 6.88. The molecular formula is C13H21F2NO3. The molecule has 2 aliphatic rings. The molecule has 0 aromatic carbocycles. The molecule has 4 nitrogen and oxygen atoms in total. The Kier molecular flexibility index (Phi) is 4.73. The summed E-state index contributed by atoms with van der Waals surface area (Å²) in [5.41, 5.74) is 0. The van der Waals surface area contributed by atoms with Crippen LogP contribution in [0.1, 0.15) is 32.1 Å². The highest BCUT2D eigenvalue weighted by Gasteiger charge is 2.37. The van der Waals surface area contributed by atoms with Crippen molar-refractivity contribution in [3.8, 4) is 0 Å². The Balaban J connectivity index is 1.80.